The van der Waals surface area contributed by atoms with E-state index in [9.17, 15) is 0 Å². The van der Waals surface area contributed by atoms with Gasteiger partial charge < -0.3 is 19.7 Å². The third-order valence-electron chi connectivity index (χ3n) is 2.80. The molecule has 0 aliphatic carbocycles. The van der Waals surface area contributed by atoms with Gasteiger partial charge in [-0.3, -0.25) is 0 Å². The fourth-order valence-electron chi connectivity index (χ4n) is 1.79. The van der Waals surface area contributed by atoms with Crippen molar-refractivity contribution in [2.75, 3.05) is 0 Å². The van der Waals surface area contributed by atoms with Gasteiger partial charge in [0.15, 0.2) is 0 Å². The number of benzene rings is 2. The van der Waals surface area contributed by atoms with Crippen LogP contribution in [0, 0.1) is 0 Å². The Morgan fingerprint density at radius 1 is 0.895 bits per heavy atom. The Labute approximate surface area is 112 Å². The lowest BCUT2D eigenvalue weighted by Gasteiger charge is -2.06. The van der Waals surface area contributed by atoms with Crippen LogP contribution in [-0.2, 0) is 6.42 Å². The first-order chi connectivity index (χ1) is 9.19. The van der Waals surface area contributed by atoms with Crippen molar-refractivity contribution in [3.05, 3.63) is 59.7 Å². The molecule has 0 saturated heterocycles. The topological polar surface area (TPSA) is 69.9 Å². The quantitative estimate of drug-likeness (QED) is 0.650. The Bertz CT molecular complexity index is 511. The maximum Gasteiger partial charge on any atom is 0.569 e. The highest BCUT2D eigenvalue weighted by Gasteiger charge is 2.09. The molecule has 0 unspecified atom stereocenters. The highest BCUT2D eigenvalue weighted by molar-refractivity contribution is 6.58. The molecule has 0 aliphatic rings. The molecular formula is C13H13B2O4. The van der Waals surface area contributed by atoms with E-state index in [2.05, 4.69) is 0 Å². The molecule has 2 aromatic rings. The molecule has 4 nitrogen and oxygen atoms in total. The third kappa shape index (κ3) is 3.86. The van der Waals surface area contributed by atoms with Crippen molar-refractivity contribution < 1.29 is 19.7 Å². The molecule has 0 atom stereocenters. The minimum absolute atomic E-state index is 0.478. The first-order valence-electron chi connectivity index (χ1n) is 5.85. The number of rotatable bonds is 5. The van der Waals surface area contributed by atoms with E-state index in [1.807, 2.05) is 24.3 Å². The highest BCUT2D eigenvalue weighted by Crippen LogP contribution is 2.14. The van der Waals surface area contributed by atoms with Crippen molar-refractivity contribution in [3.63, 3.8) is 0 Å². The minimum Gasteiger partial charge on any atom is -0.537 e. The molecule has 1 radical (unpaired) electrons. The first-order valence-corrected chi connectivity index (χ1v) is 5.85. The predicted molar refractivity (Wildman–Crippen MR) is 74.1 cm³/mol. The van der Waals surface area contributed by atoms with Gasteiger partial charge in [-0.25, -0.2) is 0 Å². The van der Waals surface area contributed by atoms with Crippen LogP contribution in [0.15, 0.2) is 48.5 Å². The molecule has 0 heterocycles. The molecule has 0 amide bonds. The minimum atomic E-state index is -1.43. The molecule has 3 N–H and O–H groups in total. The average Bonchev–Trinajstić information content (AvgIpc) is 2.42. The van der Waals surface area contributed by atoms with Crippen molar-refractivity contribution in [3.8, 4) is 5.75 Å². The molecule has 0 bridgehead atoms. The van der Waals surface area contributed by atoms with Gasteiger partial charge in [0, 0.05) is 0 Å². The molecule has 0 spiro atoms. The highest BCUT2D eigenvalue weighted by atomic mass is 16.5. The van der Waals surface area contributed by atoms with Crippen molar-refractivity contribution >= 4 is 20.3 Å². The predicted octanol–water partition coefficient (Wildman–Crippen LogP) is -0.138. The molecule has 0 aliphatic heterocycles. The molecule has 0 aromatic heterocycles. The van der Waals surface area contributed by atoms with Crippen molar-refractivity contribution in [1.29, 1.82) is 0 Å². The van der Waals surface area contributed by atoms with Crippen molar-refractivity contribution in [2.45, 2.75) is 6.42 Å². The van der Waals surface area contributed by atoms with E-state index in [0.717, 1.165) is 17.5 Å². The smallest absolute Gasteiger partial charge is 0.537 e. The summed E-state index contributed by atoms with van der Waals surface area (Å²) >= 11 is 0. The third-order valence-corrected chi connectivity index (χ3v) is 2.80. The Kier molecular flexibility index (Phi) is 4.63. The molecule has 95 valence electrons. The lowest BCUT2D eigenvalue weighted by atomic mass is 9.80. The summed E-state index contributed by atoms with van der Waals surface area (Å²) in [4.78, 5) is 0. The van der Waals surface area contributed by atoms with Gasteiger partial charge in [-0.15, -0.1) is 0 Å². The van der Waals surface area contributed by atoms with Crippen LogP contribution in [0.4, 0.5) is 0 Å². The van der Waals surface area contributed by atoms with E-state index >= 15 is 0 Å². The van der Waals surface area contributed by atoms with E-state index in [4.69, 9.17) is 19.7 Å². The second-order valence-electron chi connectivity index (χ2n) is 4.16. The van der Waals surface area contributed by atoms with Crippen molar-refractivity contribution in [2.24, 2.45) is 0 Å². The van der Waals surface area contributed by atoms with E-state index in [0.29, 0.717) is 18.9 Å². The van der Waals surface area contributed by atoms with Gasteiger partial charge in [0.1, 0.15) is 0 Å². The van der Waals surface area contributed by atoms with Crippen LogP contribution in [0.25, 0.3) is 0 Å². The molecular weight excluding hydrogens is 242 g/mol. The van der Waals surface area contributed by atoms with Crippen LogP contribution < -0.4 is 10.1 Å². The van der Waals surface area contributed by atoms with E-state index < -0.39 is 7.12 Å². The van der Waals surface area contributed by atoms with Crippen LogP contribution in [0.2, 0.25) is 0 Å². The molecule has 0 fully saturated rings. The second kappa shape index (κ2) is 6.43. The zero-order chi connectivity index (χ0) is 13.7. The Morgan fingerprint density at radius 2 is 1.42 bits per heavy atom. The maximum absolute atomic E-state index is 9.00. The summed E-state index contributed by atoms with van der Waals surface area (Å²) in [6.07, 6.45) is 0.741. The summed E-state index contributed by atoms with van der Waals surface area (Å²) in [5.74, 6) is 0.574. The molecule has 0 saturated carbocycles. The van der Waals surface area contributed by atoms with Gasteiger partial charge in [-0.1, -0.05) is 36.4 Å². The van der Waals surface area contributed by atoms with Gasteiger partial charge in [0.05, 0.1) is 5.75 Å². The number of hydrogen-bond donors (Lipinski definition) is 3. The number of hydrogen-bond acceptors (Lipinski definition) is 4. The van der Waals surface area contributed by atoms with Crippen LogP contribution in [0.3, 0.4) is 0 Å². The van der Waals surface area contributed by atoms with E-state index in [-0.39, 0.29) is 0 Å². The monoisotopic (exact) mass is 255 g/mol. The summed E-state index contributed by atoms with van der Waals surface area (Å²) < 4.78 is 4.83. The Morgan fingerprint density at radius 3 is 1.89 bits per heavy atom. The average molecular weight is 255 g/mol. The zero-order valence-electron chi connectivity index (χ0n) is 10.2. The Balaban J connectivity index is 2.04. The van der Waals surface area contributed by atoms with Crippen molar-refractivity contribution in [1.82, 2.24) is 0 Å². The van der Waals surface area contributed by atoms with Gasteiger partial charge >= 0.3 is 14.8 Å². The summed E-state index contributed by atoms with van der Waals surface area (Å²) in [7, 11) is -0.784. The summed E-state index contributed by atoms with van der Waals surface area (Å²) in [5.41, 5.74) is 2.65. The lowest BCUT2D eigenvalue weighted by Crippen LogP contribution is -2.29. The summed E-state index contributed by atoms with van der Waals surface area (Å²) in [6.45, 7) is 0. The lowest BCUT2D eigenvalue weighted by molar-refractivity contribution is 0.425. The van der Waals surface area contributed by atoms with Gasteiger partial charge in [0.2, 0.25) is 0 Å². The molecule has 19 heavy (non-hydrogen) atoms. The first kappa shape index (κ1) is 13.7. The summed E-state index contributed by atoms with van der Waals surface area (Å²) in [5, 5.41) is 26.5. The fraction of sp³-hybridized carbons (Fsp3) is 0.0769. The molecule has 2 aromatic carbocycles. The standard InChI is InChI=1S/C13H13B2O4/c16-14-19-13-7-3-11(4-8-13)9-10-1-5-12(6-2-10)15(17)18/h1-8,16-18H,9H2. The van der Waals surface area contributed by atoms with Crippen LogP contribution in [0.5, 0.6) is 5.75 Å². The largest absolute Gasteiger partial charge is 0.569 e. The SMILES string of the molecule is O[B]Oc1ccc(Cc2ccc(B(O)O)cc2)cc1. The van der Waals surface area contributed by atoms with Gasteiger partial charge in [-0.2, -0.15) is 0 Å². The maximum atomic E-state index is 9.00. The van der Waals surface area contributed by atoms with Gasteiger partial charge in [-0.05, 0) is 35.1 Å². The molecule has 6 heteroatoms. The van der Waals surface area contributed by atoms with E-state index in [1.54, 1.807) is 24.3 Å². The molecule has 2 rings (SSSR count). The zero-order valence-corrected chi connectivity index (χ0v) is 10.2. The second-order valence-corrected chi connectivity index (χ2v) is 4.16. The van der Waals surface area contributed by atoms with Crippen LogP contribution in [0.1, 0.15) is 11.1 Å². The normalized spacial score (nSPS) is 10.1. The Hall–Kier alpha value is -1.75. The van der Waals surface area contributed by atoms with Crippen LogP contribution >= 0.6 is 0 Å². The summed E-state index contributed by atoms with van der Waals surface area (Å²) in [6, 6.07) is 14.5. The van der Waals surface area contributed by atoms with E-state index in [1.165, 1.54) is 0 Å². The van der Waals surface area contributed by atoms with Crippen LogP contribution in [-0.4, -0.2) is 29.9 Å². The van der Waals surface area contributed by atoms with Gasteiger partial charge in [0.25, 0.3) is 0 Å². The fourth-order valence-corrected chi connectivity index (χ4v) is 1.79.